The molecule has 2 unspecified atom stereocenters. The number of hydrogen-bond donors (Lipinski definition) is 0. The molecule has 0 N–H and O–H groups in total. The summed E-state index contributed by atoms with van der Waals surface area (Å²) in [6.07, 6.45) is 6.97. The SMILES string of the molecule is CCCCC(CCC)COCC1CO1. The third-order valence-corrected chi connectivity index (χ3v) is 2.72. The summed E-state index contributed by atoms with van der Waals surface area (Å²) in [5, 5.41) is 0. The molecule has 1 rings (SSSR count). The van der Waals surface area contributed by atoms with Crippen molar-refractivity contribution in [3.63, 3.8) is 0 Å². The molecule has 2 nitrogen and oxygen atoms in total. The Kier molecular flexibility index (Phi) is 6.20. The largest absolute Gasteiger partial charge is 0.378 e. The van der Waals surface area contributed by atoms with Crippen LogP contribution in [0.2, 0.25) is 0 Å². The van der Waals surface area contributed by atoms with Crippen molar-refractivity contribution >= 4 is 0 Å². The average Bonchev–Trinajstić information content (AvgIpc) is 2.98. The molecule has 1 aliphatic rings. The lowest BCUT2D eigenvalue weighted by Crippen LogP contribution is -2.12. The first-order valence-corrected chi connectivity index (χ1v) is 6.06. The van der Waals surface area contributed by atoms with E-state index >= 15 is 0 Å². The lowest BCUT2D eigenvalue weighted by Gasteiger charge is -2.15. The molecule has 0 amide bonds. The summed E-state index contributed by atoms with van der Waals surface area (Å²) in [5.41, 5.74) is 0. The Labute approximate surface area is 88.0 Å². The summed E-state index contributed by atoms with van der Waals surface area (Å²) in [4.78, 5) is 0. The lowest BCUT2D eigenvalue weighted by atomic mass is 9.98. The standard InChI is InChI=1S/C12H24O2/c1-3-5-7-11(6-4-2)8-13-9-12-10-14-12/h11-12H,3-10H2,1-2H3. The quantitative estimate of drug-likeness (QED) is 0.534. The van der Waals surface area contributed by atoms with Gasteiger partial charge in [0.2, 0.25) is 0 Å². The fourth-order valence-electron chi connectivity index (χ4n) is 1.74. The fraction of sp³-hybridized carbons (Fsp3) is 1.00. The molecule has 1 saturated heterocycles. The summed E-state index contributed by atoms with van der Waals surface area (Å²) in [6, 6.07) is 0. The maximum Gasteiger partial charge on any atom is 0.104 e. The molecule has 2 heteroatoms. The molecule has 0 aromatic heterocycles. The van der Waals surface area contributed by atoms with Crippen molar-refractivity contribution in [3.8, 4) is 0 Å². The topological polar surface area (TPSA) is 21.8 Å². The van der Waals surface area contributed by atoms with E-state index in [1.807, 2.05) is 0 Å². The summed E-state index contributed by atoms with van der Waals surface area (Å²) in [7, 11) is 0. The number of rotatable bonds is 9. The molecule has 0 radical (unpaired) electrons. The van der Waals surface area contributed by atoms with E-state index in [0.717, 1.165) is 25.7 Å². The first-order chi connectivity index (χ1) is 6.86. The van der Waals surface area contributed by atoms with E-state index in [9.17, 15) is 0 Å². The van der Waals surface area contributed by atoms with Gasteiger partial charge in [-0.1, -0.05) is 33.1 Å². The van der Waals surface area contributed by atoms with Crippen LogP contribution in [-0.2, 0) is 9.47 Å². The van der Waals surface area contributed by atoms with Gasteiger partial charge in [0.1, 0.15) is 6.10 Å². The maximum atomic E-state index is 5.64. The molecule has 14 heavy (non-hydrogen) atoms. The fourth-order valence-corrected chi connectivity index (χ4v) is 1.74. The van der Waals surface area contributed by atoms with Crippen molar-refractivity contribution < 1.29 is 9.47 Å². The van der Waals surface area contributed by atoms with Crippen molar-refractivity contribution in [2.75, 3.05) is 19.8 Å². The predicted octanol–water partition coefficient (Wildman–Crippen LogP) is 3.01. The van der Waals surface area contributed by atoms with Crippen molar-refractivity contribution in [3.05, 3.63) is 0 Å². The average molecular weight is 200 g/mol. The second-order valence-electron chi connectivity index (χ2n) is 4.29. The van der Waals surface area contributed by atoms with Gasteiger partial charge in [0, 0.05) is 6.61 Å². The molecule has 0 bridgehead atoms. The van der Waals surface area contributed by atoms with Gasteiger partial charge in [-0.15, -0.1) is 0 Å². The maximum absolute atomic E-state index is 5.64. The smallest absolute Gasteiger partial charge is 0.104 e. The third kappa shape index (κ3) is 5.61. The molecule has 0 spiro atoms. The van der Waals surface area contributed by atoms with Crippen LogP contribution in [0.15, 0.2) is 0 Å². The molecular formula is C12H24O2. The van der Waals surface area contributed by atoms with Crippen LogP contribution in [0, 0.1) is 5.92 Å². The zero-order valence-electron chi connectivity index (χ0n) is 9.63. The minimum Gasteiger partial charge on any atom is -0.378 e. The second kappa shape index (κ2) is 7.24. The number of unbranched alkanes of at least 4 members (excludes halogenated alkanes) is 1. The summed E-state index contributed by atoms with van der Waals surface area (Å²) in [6.45, 7) is 7.16. The predicted molar refractivity (Wildman–Crippen MR) is 58.5 cm³/mol. The van der Waals surface area contributed by atoms with E-state index in [4.69, 9.17) is 9.47 Å². The molecule has 2 atom stereocenters. The van der Waals surface area contributed by atoms with E-state index < -0.39 is 0 Å². The minimum atomic E-state index is 0.420. The van der Waals surface area contributed by atoms with Gasteiger partial charge in [0.15, 0.2) is 0 Å². The van der Waals surface area contributed by atoms with Gasteiger partial charge >= 0.3 is 0 Å². The van der Waals surface area contributed by atoms with Crippen LogP contribution in [-0.4, -0.2) is 25.9 Å². The van der Waals surface area contributed by atoms with E-state index in [1.165, 1.54) is 32.1 Å². The normalized spacial score (nSPS) is 22.3. The van der Waals surface area contributed by atoms with Gasteiger partial charge in [-0.2, -0.15) is 0 Å². The second-order valence-corrected chi connectivity index (χ2v) is 4.29. The molecule has 0 saturated carbocycles. The van der Waals surface area contributed by atoms with E-state index in [2.05, 4.69) is 13.8 Å². The Morgan fingerprint density at radius 3 is 2.64 bits per heavy atom. The van der Waals surface area contributed by atoms with Gasteiger partial charge in [-0.25, -0.2) is 0 Å². The molecule has 84 valence electrons. The Morgan fingerprint density at radius 2 is 2.07 bits per heavy atom. The van der Waals surface area contributed by atoms with Gasteiger partial charge < -0.3 is 9.47 Å². The van der Waals surface area contributed by atoms with Crippen molar-refractivity contribution in [2.24, 2.45) is 5.92 Å². The van der Waals surface area contributed by atoms with E-state index in [1.54, 1.807) is 0 Å². The van der Waals surface area contributed by atoms with Crippen LogP contribution in [0.4, 0.5) is 0 Å². The molecule has 1 aliphatic heterocycles. The summed E-state index contributed by atoms with van der Waals surface area (Å²) in [5.74, 6) is 0.777. The van der Waals surface area contributed by atoms with E-state index in [-0.39, 0.29) is 0 Å². The van der Waals surface area contributed by atoms with Gasteiger partial charge in [0.05, 0.1) is 13.2 Å². The van der Waals surface area contributed by atoms with Crippen LogP contribution in [0.5, 0.6) is 0 Å². The molecule has 1 fully saturated rings. The highest BCUT2D eigenvalue weighted by atomic mass is 16.6. The van der Waals surface area contributed by atoms with Crippen LogP contribution >= 0.6 is 0 Å². The van der Waals surface area contributed by atoms with Gasteiger partial charge in [0.25, 0.3) is 0 Å². The van der Waals surface area contributed by atoms with Crippen LogP contribution < -0.4 is 0 Å². The highest BCUT2D eigenvalue weighted by Crippen LogP contribution is 2.16. The summed E-state index contributed by atoms with van der Waals surface area (Å²) >= 11 is 0. The highest BCUT2D eigenvalue weighted by Gasteiger charge is 2.22. The monoisotopic (exact) mass is 200 g/mol. The van der Waals surface area contributed by atoms with Crippen LogP contribution in [0.1, 0.15) is 46.0 Å². The number of hydrogen-bond acceptors (Lipinski definition) is 2. The van der Waals surface area contributed by atoms with Crippen LogP contribution in [0.3, 0.4) is 0 Å². The zero-order chi connectivity index (χ0) is 10.2. The molecule has 0 aromatic rings. The molecule has 0 aromatic carbocycles. The summed E-state index contributed by atoms with van der Waals surface area (Å²) < 4.78 is 10.8. The third-order valence-electron chi connectivity index (χ3n) is 2.72. The minimum absolute atomic E-state index is 0.420. The molecular weight excluding hydrogens is 176 g/mol. The Bertz CT molecular complexity index is 132. The van der Waals surface area contributed by atoms with Crippen LogP contribution in [0.25, 0.3) is 0 Å². The zero-order valence-corrected chi connectivity index (χ0v) is 9.63. The first-order valence-electron chi connectivity index (χ1n) is 6.06. The van der Waals surface area contributed by atoms with Crippen molar-refractivity contribution in [1.82, 2.24) is 0 Å². The van der Waals surface area contributed by atoms with Crippen molar-refractivity contribution in [2.45, 2.75) is 52.1 Å². The van der Waals surface area contributed by atoms with E-state index in [0.29, 0.717) is 6.10 Å². The first kappa shape index (κ1) is 12.0. The molecule has 1 heterocycles. The molecule has 0 aliphatic carbocycles. The highest BCUT2D eigenvalue weighted by molar-refractivity contribution is 4.68. The van der Waals surface area contributed by atoms with Gasteiger partial charge in [-0.05, 0) is 18.8 Å². The Balaban J connectivity index is 1.99. The Morgan fingerprint density at radius 1 is 1.29 bits per heavy atom. The lowest BCUT2D eigenvalue weighted by molar-refractivity contribution is 0.0796. The number of epoxide rings is 1. The number of ether oxygens (including phenoxy) is 2. The van der Waals surface area contributed by atoms with Crippen molar-refractivity contribution in [1.29, 1.82) is 0 Å². The Hall–Kier alpha value is -0.0800. The van der Waals surface area contributed by atoms with Gasteiger partial charge in [-0.3, -0.25) is 0 Å².